The molecule has 0 bridgehead atoms. The van der Waals surface area contributed by atoms with Gasteiger partial charge in [-0.3, -0.25) is 4.79 Å². The van der Waals surface area contributed by atoms with Crippen molar-refractivity contribution in [1.29, 1.82) is 0 Å². The van der Waals surface area contributed by atoms with Crippen molar-refractivity contribution in [3.05, 3.63) is 149 Å². The van der Waals surface area contributed by atoms with Gasteiger partial charge < -0.3 is 5.11 Å². The fraction of sp³-hybridized carbons (Fsp3) is 0.0606. The van der Waals surface area contributed by atoms with Gasteiger partial charge in [0, 0.05) is 29.8 Å². The molecule has 0 amide bonds. The van der Waals surface area contributed by atoms with E-state index in [0.717, 1.165) is 12.2 Å². The van der Waals surface area contributed by atoms with E-state index in [1.165, 1.54) is 53.6 Å². The van der Waals surface area contributed by atoms with E-state index >= 15 is 0 Å². The van der Waals surface area contributed by atoms with E-state index in [1.54, 1.807) is 24.3 Å². The zero-order chi connectivity index (χ0) is 30.8. The lowest BCUT2D eigenvalue weighted by Gasteiger charge is -2.07. The van der Waals surface area contributed by atoms with Gasteiger partial charge in [0.05, 0.1) is 14.7 Å². The van der Waals surface area contributed by atoms with E-state index in [1.807, 2.05) is 23.2 Å². The minimum atomic E-state index is -3.88. The van der Waals surface area contributed by atoms with Crippen LogP contribution < -0.4 is 14.2 Å². The fourth-order valence-electron chi connectivity index (χ4n) is 4.59. The smallest absolute Gasteiger partial charge is 0.211 e. The summed E-state index contributed by atoms with van der Waals surface area (Å²) in [5, 5.41) is 12.3. The maximum atomic E-state index is 12.5. The number of Topliss-reactive ketones (excluding diaryl/α,β-unsaturated/α-hetero) is 1. The van der Waals surface area contributed by atoms with Gasteiger partial charge in [0.2, 0.25) is 25.5 Å². The van der Waals surface area contributed by atoms with E-state index in [2.05, 4.69) is 49.1 Å². The second-order valence-corrected chi connectivity index (χ2v) is 13.6. The molecular formula is C33H27N2O6S2+. The lowest BCUT2D eigenvalue weighted by Crippen LogP contribution is -2.26. The third-order valence-corrected chi connectivity index (χ3v) is 10.5. The van der Waals surface area contributed by atoms with Crippen molar-refractivity contribution in [2.24, 2.45) is 14.1 Å². The van der Waals surface area contributed by atoms with E-state index in [-0.39, 0.29) is 30.7 Å². The summed E-state index contributed by atoms with van der Waals surface area (Å²) in [5.41, 5.74) is 2.75. The molecule has 2 aliphatic heterocycles. The predicted molar refractivity (Wildman–Crippen MR) is 159 cm³/mol. The summed E-state index contributed by atoms with van der Waals surface area (Å²) in [6.45, 7) is 0. The number of hydrogen-bond acceptors (Lipinski definition) is 6. The first kappa shape index (κ1) is 29.6. The number of carbonyl (C=O) groups excluding carboxylic acids is 1. The molecule has 0 saturated heterocycles. The van der Waals surface area contributed by atoms with Gasteiger partial charge in [-0.2, -0.15) is 0 Å². The van der Waals surface area contributed by atoms with Crippen LogP contribution in [0.25, 0.3) is 16.9 Å². The number of ketones is 1. The molecule has 216 valence electrons. The van der Waals surface area contributed by atoms with Crippen LogP contribution in [0.2, 0.25) is 0 Å². The van der Waals surface area contributed by atoms with Crippen LogP contribution in [0.15, 0.2) is 148 Å². The number of sulfone groups is 2. The minimum Gasteiger partial charge on any atom is -0.871 e. The van der Waals surface area contributed by atoms with E-state index in [9.17, 15) is 26.7 Å². The van der Waals surface area contributed by atoms with Crippen LogP contribution in [0.1, 0.15) is 15.9 Å². The predicted octanol–water partition coefficient (Wildman–Crippen LogP) is 3.17. The molecule has 8 nitrogen and oxygen atoms in total. The standard InChI is InChI=1S/C21H14O6S2.C12H14N2/c22-20-14-8-4-6-10-16(14)28(24,25)18(20)12-2-1-3-13-19-21(23)15-9-5-7-11-17(15)29(19,26)27;1-13-7-3-11(4-8-13)12-5-9-14(2)10-6-12/h1-13,22H;3-10H,1-2H3/q;+2/p-1. The highest BCUT2D eigenvalue weighted by Gasteiger charge is 2.38. The number of aromatic nitrogens is 2. The summed E-state index contributed by atoms with van der Waals surface area (Å²) in [6.07, 6.45) is 14.5. The molecule has 0 unspecified atom stereocenters. The number of fused-ring (bicyclic) bond motifs is 2. The van der Waals surface area contributed by atoms with Crippen LogP contribution >= 0.6 is 0 Å². The number of aryl methyl sites for hydroxylation is 2. The van der Waals surface area contributed by atoms with Gasteiger partial charge in [-0.05, 0) is 47.0 Å². The summed E-state index contributed by atoms with van der Waals surface area (Å²) in [7, 11) is -3.72. The zero-order valence-corrected chi connectivity index (χ0v) is 24.9. The van der Waals surface area contributed by atoms with Crippen LogP contribution in [-0.2, 0) is 33.8 Å². The molecule has 0 atom stereocenters. The summed E-state index contributed by atoms with van der Waals surface area (Å²) < 4.78 is 53.9. The molecule has 4 heterocycles. The molecule has 10 heteroatoms. The SMILES string of the molecule is C[n+]1ccc(-c2cc[n+](C)cc2)cc1.O=C1C(=CC=CC=CC2=C([O-])c3ccccc3S2(=O)=O)S(=O)(=O)c2ccccc21. The first-order chi connectivity index (χ1) is 20.5. The number of hydrogen-bond donors (Lipinski definition) is 0. The third-order valence-electron chi connectivity index (χ3n) is 6.88. The molecule has 0 radical (unpaired) electrons. The van der Waals surface area contributed by atoms with Crippen LogP contribution in [-0.4, -0.2) is 22.6 Å². The van der Waals surface area contributed by atoms with Crippen LogP contribution in [0.5, 0.6) is 0 Å². The highest BCUT2D eigenvalue weighted by Crippen LogP contribution is 2.37. The van der Waals surface area contributed by atoms with Gasteiger partial charge in [-0.15, -0.1) is 0 Å². The van der Waals surface area contributed by atoms with E-state index < -0.39 is 31.2 Å². The Morgan fingerprint density at radius 3 is 1.63 bits per heavy atom. The normalized spacial score (nSPS) is 17.3. The van der Waals surface area contributed by atoms with Crippen molar-refractivity contribution in [2.75, 3.05) is 0 Å². The summed E-state index contributed by atoms with van der Waals surface area (Å²) in [4.78, 5) is 11.5. The Labute approximate surface area is 250 Å². The summed E-state index contributed by atoms with van der Waals surface area (Å²) in [6, 6.07) is 20.4. The van der Waals surface area contributed by atoms with Gasteiger partial charge in [0.15, 0.2) is 24.8 Å². The molecule has 4 aromatic rings. The van der Waals surface area contributed by atoms with Crippen molar-refractivity contribution < 1.29 is 35.9 Å². The largest absolute Gasteiger partial charge is 0.871 e. The van der Waals surface area contributed by atoms with Crippen LogP contribution in [0.3, 0.4) is 0 Å². The first-order valence-electron chi connectivity index (χ1n) is 13.1. The molecule has 0 saturated carbocycles. The summed E-state index contributed by atoms with van der Waals surface area (Å²) >= 11 is 0. The maximum absolute atomic E-state index is 12.5. The number of pyridine rings is 2. The molecule has 0 spiro atoms. The Kier molecular flexibility index (Phi) is 8.08. The summed E-state index contributed by atoms with van der Waals surface area (Å²) in [5.74, 6) is -1.18. The highest BCUT2D eigenvalue weighted by atomic mass is 32.2. The minimum absolute atomic E-state index is 0.0313. The Balaban J connectivity index is 0.000000220. The van der Waals surface area contributed by atoms with Gasteiger partial charge in [0.1, 0.15) is 19.0 Å². The molecule has 2 aromatic heterocycles. The second kappa shape index (κ2) is 11.7. The Bertz CT molecular complexity index is 2030. The van der Waals surface area contributed by atoms with Gasteiger partial charge in [-0.25, -0.2) is 26.0 Å². The van der Waals surface area contributed by atoms with Crippen molar-refractivity contribution >= 4 is 31.2 Å². The molecule has 2 aliphatic rings. The Hall–Kier alpha value is -4.93. The zero-order valence-electron chi connectivity index (χ0n) is 23.3. The Morgan fingerprint density at radius 2 is 1.12 bits per heavy atom. The number of nitrogens with zero attached hydrogens (tertiary/aromatic N) is 2. The van der Waals surface area contributed by atoms with Crippen molar-refractivity contribution in [2.45, 2.75) is 9.79 Å². The molecule has 0 aliphatic carbocycles. The topological polar surface area (TPSA) is 116 Å². The van der Waals surface area contributed by atoms with E-state index in [0.29, 0.717) is 0 Å². The van der Waals surface area contributed by atoms with Gasteiger partial charge in [0.25, 0.3) is 0 Å². The molecule has 0 N–H and O–H groups in total. The van der Waals surface area contributed by atoms with Crippen molar-refractivity contribution in [3.8, 4) is 11.1 Å². The first-order valence-corrected chi connectivity index (χ1v) is 16.1. The van der Waals surface area contributed by atoms with Crippen molar-refractivity contribution in [1.82, 2.24) is 0 Å². The fourth-order valence-corrected chi connectivity index (χ4v) is 7.70. The van der Waals surface area contributed by atoms with E-state index in [4.69, 9.17) is 0 Å². The second-order valence-electron chi connectivity index (χ2n) is 9.80. The molecule has 2 aromatic carbocycles. The number of benzene rings is 2. The molecule has 0 fully saturated rings. The van der Waals surface area contributed by atoms with Crippen molar-refractivity contribution in [3.63, 3.8) is 0 Å². The van der Waals surface area contributed by atoms with Crippen LogP contribution in [0, 0.1) is 0 Å². The quantitative estimate of drug-likeness (QED) is 0.199. The number of carbonyl (C=O) groups is 1. The van der Waals surface area contributed by atoms with Crippen LogP contribution in [0.4, 0.5) is 0 Å². The number of allylic oxidation sites excluding steroid dienone is 6. The third kappa shape index (κ3) is 5.75. The molecular weight excluding hydrogens is 585 g/mol. The average Bonchev–Trinajstić information content (AvgIpc) is 3.32. The maximum Gasteiger partial charge on any atom is 0.211 e. The highest BCUT2D eigenvalue weighted by molar-refractivity contribution is 7.97. The van der Waals surface area contributed by atoms with Gasteiger partial charge >= 0.3 is 0 Å². The lowest BCUT2D eigenvalue weighted by molar-refractivity contribution is -0.671. The Morgan fingerprint density at radius 1 is 0.628 bits per heavy atom. The lowest BCUT2D eigenvalue weighted by atomic mass is 10.1. The number of rotatable bonds is 4. The molecule has 43 heavy (non-hydrogen) atoms. The monoisotopic (exact) mass is 611 g/mol. The average molecular weight is 612 g/mol. The van der Waals surface area contributed by atoms with Gasteiger partial charge in [-0.1, -0.05) is 54.3 Å². The molecule has 6 rings (SSSR count).